The number of carbonyl (C=O) groups excluding carboxylic acids is 2. The molecule has 5 nitrogen and oxygen atoms in total. The molecule has 2 amide bonds. The van der Waals surface area contributed by atoms with E-state index in [2.05, 4.69) is 0 Å². The molecule has 64 valence electrons. The molecule has 0 aromatic rings. The van der Waals surface area contributed by atoms with Crippen molar-refractivity contribution in [2.75, 3.05) is 0 Å². The van der Waals surface area contributed by atoms with E-state index in [1.807, 2.05) is 5.32 Å². The van der Waals surface area contributed by atoms with Crippen molar-refractivity contribution in [2.45, 2.75) is 6.92 Å². The topological polar surface area (TPSA) is 80.3 Å². The second kappa shape index (κ2) is 2.90. The van der Waals surface area contributed by atoms with Gasteiger partial charge in [0.05, 0.1) is 0 Å². The van der Waals surface area contributed by atoms with Gasteiger partial charge in [-0.05, 0) is 12.5 Å². The molecule has 6 heteroatoms. The Balaban J connectivity index is 3.40. The summed E-state index contributed by atoms with van der Waals surface area (Å²) in [5.41, 5.74) is 0.164. The minimum absolute atomic E-state index is 0.164. The van der Waals surface area contributed by atoms with Gasteiger partial charge in [0, 0.05) is 6.08 Å². The van der Waals surface area contributed by atoms with Crippen LogP contribution in [0.15, 0.2) is 11.6 Å². The number of carbonyl (C=O) groups is 2. The van der Waals surface area contributed by atoms with Crippen LogP contribution in [0.3, 0.4) is 0 Å². The van der Waals surface area contributed by atoms with Crippen LogP contribution < -0.4 is 5.32 Å². The molecule has 0 aromatic carbocycles. The van der Waals surface area contributed by atoms with E-state index in [9.17, 15) is 18.0 Å². The van der Waals surface area contributed by atoms with Crippen molar-refractivity contribution in [1.82, 2.24) is 5.32 Å². The highest BCUT2D eigenvalue weighted by Crippen LogP contribution is 2.00. The Hall–Kier alpha value is -1.43. The van der Waals surface area contributed by atoms with E-state index in [0.717, 1.165) is 6.08 Å². The summed E-state index contributed by atoms with van der Waals surface area (Å²) in [6.07, 6.45) is 1.06. The Bertz CT molecular complexity index is 407. The van der Waals surface area contributed by atoms with Gasteiger partial charge in [0.2, 0.25) is 10.3 Å². The molecule has 0 saturated heterocycles. The Morgan fingerprint density at radius 3 is 2.33 bits per heavy atom. The van der Waals surface area contributed by atoms with Crippen LogP contribution in [0, 0.1) is 0 Å². The van der Waals surface area contributed by atoms with Gasteiger partial charge < -0.3 is 0 Å². The zero-order chi connectivity index (χ0) is 9.30. The van der Waals surface area contributed by atoms with Crippen LogP contribution in [-0.2, 0) is 19.9 Å². The lowest BCUT2D eigenvalue weighted by Gasteiger charge is -2.07. The molecule has 12 heavy (non-hydrogen) atoms. The standard InChI is InChI=1S/C6H5NO4S/c1-3-2-4(8)7-6(9)5(3)12(10)11/h2H,1H3,(H,7,8,9). The lowest BCUT2D eigenvalue weighted by Crippen LogP contribution is -2.40. The lowest BCUT2D eigenvalue weighted by atomic mass is 10.1. The minimum Gasteiger partial charge on any atom is -0.288 e. The van der Waals surface area contributed by atoms with E-state index >= 15 is 0 Å². The quantitative estimate of drug-likeness (QED) is 0.375. The Labute approximate surface area is 69.6 Å². The van der Waals surface area contributed by atoms with E-state index in [1.165, 1.54) is 6.92 Å². The van der Waals surface area contributed by atoms with Crippen molar-refractivity contribution in [3.8, 4) is 0 Å². The second-order valence-electron chi connectivity index (χ2n) is 2.21. The van der Waals surface area contributed by atoms with E-state index in [4.69, 9.17) is 0 Å². The summed E-state index contributed by atoms with van der Waals surface area (Å²) < 4.78 is 20.9. The maximum Gasteiger partial charge on any atom is 0.274 e. The fraction of sp³-hybridized carbons (Fsp3) is 0.167. The van der Waals surface area contributed by atoms with Crippen molar-refractivity contribution < 1.29 is 18.0 Å². The Morgan fingerprint density at radius 2 is 1.92 bits per heavy atom. The summed E-state index contributed by atoms with van der Waals surface area (Å²) in [6.45, 7) is 1.39. The molecule has 1 N–H and O–H groups in total. The molecule has 1 aliphatic heterocycles. The summed E-state index contributed by atoms with van der Waals surface area (Å²) >= 11 is 0. The maximum atomic E-state index is 10.9. The van der Waals surface area contributed by atoms with Crippen molar-refractivity contribution in [2.24, 2.45) is 0 Å². The third-order valence-electron chi connectivity index (χ3n) is 1.32. The normalized spacial score (nSPS) is 17.1. The number of imide groups is 1. The fourth-order valence-electron chi connectivity index (χ4n) is 0.853. The first-order chi connectivity index (χ1) is 5.52. The molecule has 0 radical (unpaired) electrons. The molecule has 0 atom stereocenters. The third-order valence-corrected chi connectivity index (χ3v) is 2.16. The predicted octanol–water partition coefficient (Wildman–Crippen LogP) is -1.36. The summed E-state index contributed by atoms with van der Waals surface area (Å²) in [7, 11) is -2.59. The highest BCUT2D eigenvalue weighted by molar-refractivity contribution is 7.75. The van der Waals surface area contributed by atoms with Crippen molar-refractivity contribution in [3.05, 3.63) is 11.6 Å². The summed E-state index contributed by atoms with van der Waals surface area (Å²) in [5.74, 6) is -1.46. The lowest BCUT2D eigenvalue weighted by molar-refractivity contribution is -0.124. The number of amides is 2. The summed E-state index contributed by atoms with van der Waals surface area (Å²) in [4.78, 5) is 21.1. The molecule has 0 aromatic heterocycles. The van der Waals surface area contributed by atoms with E-state index in [0.29, 0.717) is 0 Å². The predicted molar refractivity (Wildman–Crippen MR) is 40.8 cm³/mol. The fourth-order valence-corrected chi connectivity index (χ4v) is 1.38. The first-order valence-corrected chi connectivity index (χ1v) is 4.10. The van der Waals surface area contributed by atoms with Gasteiger partial charge in [-0.25, -0.2) is 0 Å². The maximum absolute atomic E-state index is 10.9. The van der Waals surface area contributed by atoms with Gasteiger partial charge in [0.1, 0.15) is 0 Å². The molecule has 1 aliphatic rings. The van der Waals surface area contributed by atoms with Crippen LogP contribution in [0.25, 0.3) is 0 Å². The molecular weight excluding hydrogens is 182 g/mol. The highest BCUT2D eigenvalue weighted by Gasteiger charge is 2.22. The zero-order valence-corrected chi connectivity index (χ0v) is 6.94. The molecule has 1 heterocycles. The van der Waals surface area contributed by atoms with Crippen LogP contribution in [0.2, 0.25) is 0 Å². The molecule has 0 saturated carbocycles. The van der Waals surface area contributed by atoms with Crippen molar-refractivity contribution in [1.29, 1.82) is 0 Å². The first kappa shape index (κ1) is 8.66. The number of hydrogen-bond acceptors (Lipinski definition) is 4. The van der Waals surface area contributed by atoms with Gasteiger partial charge >= 0.3 is 0 Å². The molecule has 1 rings (SSSR count). The SMILES string of the molecule is CC1=CC(=O)NC(=O)C1=S(=O)=O. The zero-order valence-electron chi connectivity index (χ0n) is 6.12. The average molecular weight is 187 g/mol. The first-order valence-electron chi connectivity index (χ1n) is 3.02. The van der Waals surface area contributed by atoms with E-state index in [1.54, 1.807) is 0 Å². The minimum atomic E-state index is -2.59. The largest absolute Gasteiger partial charge is 0.288 e. The molecular formula is C6H5NO4S. The molecule has 0 fully saturated rings. The second-order valence-corrected chi connectivity index (χ2v) is 3.09. The Morgan fingerprint density at radius 1 is 1.33 bits per heavy atom. The molecule has 0 unspecified atom stereocenters. The van der Waals surface area contributed by atoms with Crippen LogP contribution in [-0.4, -0.2) is 25.1 Å². The van der Waals surface area contributed by atoms with Gasteiger partial charge in [0.15, 0.2) is 4.86 Å². The van der Waals surface area contributed by atoms with Gasteiger partial charge in [0.25, 0.3) is 11.8 Å². The van der Waals surface area contributed by atoms with Crippen LogP contribution >= 0.6 is 0 Å². The van der Waals surface area contributed by atoms with Gasteiger partial charge in [-0.3, -0.25) is 14.9 Å². The summed E-state index contributed by atoms with van der Waals surface area (Å²) in [6, 6.07) is 0. The Kier molecular flexibility index (Phi) is 2.09. The number of rotatable bonds is 0. The monoisotopic (exact) mass is 187 g/mol. The van der Waals surface area contributed by atoms with Crippen LogP contribution in [0.1, 0.15) is 6.92 Å². The van der Waals surface area contributed by atoms with E-state index < -0.39 is 22.1 Å². The average Bonchev–Trinajstić information content (AvgIpc) is 1.82. The van der Waals surface area contributed by atoms with Crippen molar-refractivity contribution in [3.63, 3.8) is 0 Å². The van der Waals surface area contributed by atoms with Crippen LogP contribution in [0.4, 0.5) is 0 Å². The van der Waals surface area contributed by atoms with Gasteiger partial charge in [-0.15, -0.1) is 0 Å². The summed E-state index contributed by atoms with van der Waals surface area (Å²) in [5, 5.41) is 1.86. The van der Waals surface area contributed by atoms with Crippen LogP contribution in [0.5, 0.6) is 0 Å². The molecule has 0 spiro atoms. The van der Waals surface area contributed by atoms with E-state index in [-0.39, 0.29) is 10.4 Å². The van der Waals surface area contributed by atoms with Gasteiger partial charge in [-0.1, -0.05) is 0 Å². The molecule has 0 bridgehead atoms. The van der Waals surface area contributed by atoms with Crippen molar-refractivity contribution >= 4 is 27.0 Å². The highest BCUT2D eigenvalue weighted by atomic mass is 32.2. The molecule has 0 aliphatic carbocycles. The number of nitrogens with one attached hydrogen (secondary N) is 1. The van der Waals surface area contributed by atoms with Gasteiger partial charge in [-0.2, -0.15) is 8.42 Å². The third kappa shape index (κ3) is 1.42. The smallest absolute Gasteiger partial charge is 0.274 e. The number of hydrogen-bond donors (Lipinski definition) is 1.